The van der Waals surface area contributed by atoms with E-state index in [-0.39, 0.29) is 16.9 Å². The van der Waals surface area contributed by atoms with Gasteiger partial charge in [-0.2, -0.15) is 0 Å². The minimum absolute atomic E-state index is 0.0857. The van der Waals surface area contributed by atoms with Crippen molar-refractivity contribution < 1.29 is 9.90 Å². The Labute approximate surface area is 128 Å². The molecule has 3 saturated carbocycles. The first-order chi connectivity index (χ1) is 9.95. The van der Waals surface area contributed by atoms with Crippen molar-refractivity contribution in [3.8, 4) is 0 Å². The van der Waals surface area contributed by atoms with Crippen LogP contribution in [0.1, 0.15) is 58.8 Å². The average molecular weight is 288 g/mol. The molecule has 4 aliphatic carbocycles. The Bertz CT molecular complexity index is 496. The summed E-state index contributed by atoms with van der Waals surface area (Å²) < 4.78 is 0. The summed E-state index contributed by atoms with van der Waals surface area (Å²) >= 11 is 0. The Hall–Kier alpha value is -0.630. The van der Waals surface area contributed by atoms with E-state index in [0.717, 1.165) is 24.7 Å². The Morgan fingerprint density at radius 1 is 1.10 bits per heavy atom. The van der Waals surface area contributed by atoms with E-state index in [0.29, 0.717) is 17.6 Å². The first-order valence-corrected chi connectivity index (χ1v) is 8.85. The third-order valence-electron chi connectivity index (χ3n) is 7.99. The Balaban J connectivity index is 1.68. The van der Waals surface area contributed by atoms with Crippen molar-refractivity contribution in [2.24, 2.45) is 34.5 Å². The second kappa shape index (κ2) is 4.44. The van der Waals surface area contributed by atoms with Gasteiger partial charge in [-0.3, -0.25) is 4.79 Å². The van der Waals surface area contributed by atoms with Gasteiger partial charge in [0, 0.05) is 6.42 Å². The Kier molecular flexibility index (Phi) is 2.96. The maximum atomic E-state index is 11.8. The summed E-state index contributed by atoms with van der Waals surface area (Å²) in [5.41, 5.74) is 0.393. The van der Waals surface area contributed by atoms with Crippen LogP contribution in [0.2, 0.25) is 0 Å². The molecule has 4 aliphatic rings. The van der Waals surface area contributed by atoms with Crippen molar-refractivity contribution in [3.63, 3.8) is 0 Å². The molecule has 0 amide bonds. The van der Waals surface area contributed by atoms with Crippen molar-refractivity contribution in [3.05, 3.63) is 12.2 Å². The van der Waals surface area contributed by atoms with Crippen molar-refractivity contribution >= 4 is 5.78 Å². The normalized spacial score (nSPS) is 55.8. The molecule has 116 valence electrons. The quantitative estimate of drug-likeness (QED) is 0.737. The number of hydrogen-bond donors (Lipinski definition) is 1. The number of rotatable bonds is 0. The van der Waals surface area contributed by atoms with E-state index in [9.17, 15) is 9.90 Å². The molecule has 2 nitrogen and oxygen atoms in total. The van der Waals surface area contributed by atoms with Gasteiger partial charge in [0.1, 0.15) is 0 Å². The largest absolute Gasteiger partial charge is 0.393 e. The zero-order valence-electron chi connectivity index (χ0n) is 13.3. The summed E-state index contributed by atoms with van der Waals surface area (Å²) in [6.07, 6.45) is 11.9. The van der Waals surface area contributed by atoms with Gasteiger partial charge in [0.05, 0.1) is 6.10 Å². The molecule has 1 N–H and O–H groups in total. The lowest BCUT2D eigenvalue weighted by atomic mass is 9.46. The van der Waals surface area contributed by atoms with Crippen molar-refractivity contribution in [1.29, 1.82) is 0 Å². The molecule has 2 heteroatoms. The highest BCUT2D eigenvalue weighted by molar-refractivity contribution is 5.91. The molecule has 0 saturated heterocycles. The van der Waals surface area contributed by atoms with Crippen LogP contribution in [0.5, 0.6) is 0 Å². The molecule has 0 bridgehead atoms. The van der Waals surface area contributed by atoms with Crippen molar-refractivity contribution in [1.82, 2.24) is 0 Å². The average Bonchev–Trinajstić information content (AvgIpc) is 2.76. The van der Waals surface area contributed by atoms with Crippen LogP contribution >= 0.6 is 0 Å². The number of ketones is 1. The summed E-state index contributed by atoms with van der Waals surface area (Å²) in [7, 11) is 0. The van der Waals surface area contributed by atoms with Crippen LogP contribution in [-0.4, -0.2) is 17.0 Å². The molecule has 0 radical (unpaired) electrons. The molecule has 0 aliphatic heterocycles. The van der Waals surface area contributed by atoms with Crippen LogP contribution in [0.15, 0.2) is 12.2 Å². The van der Waals surface area contributed by atoms with Crippen molar-refractivity contribution in [2.75, 3.05) is 0 Å². The molecular weight excluding hydrogens is 260 g/mol. The maximum Gasteiger partial charge on any atom is 0.155 e. The van der Waals surface area contributed by atoms with Crippen LogP contribution < -0.4 is 0 Å². The van der Waals surface area contributed by atoms with E-state index >= 15 is 0 Å². The van der Waals surface area contributed by atoms with Crippen LogP contribution in [0.4, 0.5) is 0 Å². The second-order valence-electron chi connectivity index (χ2n) is 8.66. The van der Waals surface area contributed by atoms with Gasteiger partial charge in [-0.1, -0.05) is 19.9 Å². The SMILES string of the molecule is C[C@]12C=CC(=O)CC1CCC1C2CC[C@]2(C)C(O)CCC12. The van der Waals surface area contributed by atoms with Crippen LogP contribution in [0.3, 0.4) is 0 Å². The lowest BCUT2D eigenvalue weighted by molar-refractivity contribution is -0.123. The molecular formula is C19H28O2. The van der Waals surface area contributed by atoms with Crippen LogP contribution in [0, 0.1) is 34.5 Å². The lowest BCUT2D eigenvalue weighted by Gasteiger charge is -2.58. The fourth-order valence-electron chi connectivity index (χ4n) is 6.61. The van der Waals surface area contributed by atoms with E-state index in [1.54, 1.807) is 0 Å². The standard InChI is InChI=1S/C19H28O2/c1-18-9-7-13(20)11-12(18)3-4-14-15-5-6-17(21)19(15,2)10-8-16(14)18/h7,9,12,14-17,21H,3-6,8,10-11H2,1-2H3/t12?,14?,15?,16?,17?,18-,19-/m0/s1. The highest BCUT2D eigenvalue weighted by Gasteiger charge is 2.59. The van der Waals surface area contributed by atoms with Gasteiger partial charge < -0.3 is 5.11 Å². The van der Waals surface area contributed by atoms with Gasteiger partial charge in [-0.25, -0.2) is 0 Å². The third-order valence-corrected chi connectivity index (χ3v) is 7.99. The monoisotopic (exact) mass is 288 g/mol. The second-order valence-corrected chi connectivity index (χ2v) is 8.66. The molecule has 5 unspecified atom stereocenters. The van der Waals surface area contributed by atoms with Crippen LogP contribution in [-0.2, 0) is 4.79 Å². The topological polar surface area (TPSA) is 37.3 Å². The zero-order chi connectivity index (χ0) is 14.8. The number of allylic oxidation sites excluding steroid dienone is 2. The fraction of sp³-hybridized carbons (Fsp3) is 0.842. The summed E-state index contributed by atoms with van der Waals surface area (Å²) in [6, 6.07) is 0. The van der Waals surface area contributed by atoms with Gasteiger partial charge in [0.15, 0.2) is 5.78 Å². The maximum absolute atomic E-state index is 11.8. The van der Waals surface area contributed by atoms with Gasteiger partial charge in [-0.15, -0.1) is 0 Å². The molecule has 0 aromatic carbocycles. The van der Waals surface area contributed by atoms with Gasteiger partial charge in [-0.05, 0) is 79.1 Å². The predicted octanol–water partition coefficient (Wildman–Crippen LogP) is 3.74. The number of aliphatic hydroxyl groups is 1. The molecule has 0 aromatic heterocycles. The third kappa shape index (κ3) is 1.78. The van der Waals surface area contributed by atoms with Gasteiger partial charge in [0.25, 0.3) is 0 Å². The Morgan fingerprint density at radius 3 is 2.71 bits per heavy atom. The molecule has 0 heterocycles. The lowest BCUT2D eigenvalue weighted by Crippen LogP contribution is -2.52. The molecule has 7 atom stereocenters. The molecule has 3 fully saturated rings. The minimum Gasteiger partial charge on any atom is -0.393 e. The number of aliphatic hydroxyl groups excluding tert-OH is 1. The summed E-state index contributed by atoms with van der Waals surface area (Å²) in [5, 5.41) is 10.4. The van der Waals surface area contributed by atoms with Crippen molar-refractivity contribution in [2.45, 2.75) is 64.9 Å². The summed E-state index contributed by atoms with van der Waals surface area (Å²) in [4.78, 5) is 11.8. The predicted molar refractivity (Wildman–Crippen MR) is 82.6 cm³/mol. The van der Waals surface area contributed by atoms with Gasteiger partial charge in [0.2, 0.25) is 0 Å². The molecule has 4 rings (SSSR count). The zero-order valence-corrected chi connectivity index (χ0v) is 13.3. The van der Waals surface area contributed by atoms with Gasteiger partial charge >= 0.3 is 0 Å². The first-order valence-electron chi connectivity index (χ1n) is 8.85. The minimum atomic E-state index is -0.0857. The van der Waals surface area contributed by atoms with E-state index < -0.39 is 0 Å². The van der Waals surface area contributed by atoms with Crippen LogP contribution in [0.25, 0.3) is 0 Å². The smallest absolute Gasteiger partial charge is 0.155 e. The summed E-state index contributed by atoms with van der Waals surface area (Å²) in [6.45, 7) is 4.74. The number of carbonyl (C=O) groups excluding carboxylic acids is 1. The number of fused-ring (bicyclic) bond motifs is 5. The van der Waals surface area contributed by atoms with E-state index in [4.69, 9.17) is 0 Å². The Morgan fingerprint density at radius 2 is 1.90 bits per heavy atom. The van der Waals surface area contributed by atoms with E-state index in [2.05, 4.69) is 19.9 Å². The number of hydrogen-bond acceptors (Lipinski definition) is 2. The summed E-state index contributed by atoms with van der Waals surface area (Å²) in [5.74, 6) is 3.08. The molecule has 0 spiro atoms. The fourth-order valence-corrected chi connectivity index (χ4v) is 6.61. The first kappa shape index (κ1) is 14.0. The molecule has 0 aromatic rings. The molecule has 21 heavy (non-hydrogen) atoms. The highest BCUT2D eigenvalue weighted by Crippen LogP contribution is 2.64. The highest BCUT2D eigenvalue weighted by atomic mass is 16.3. The van der Waals surface area contributed by atoms with E-state index in [1.807, 2.05) is 6.08 Å². The van der Waals surface area contributed by atoms with E-state index in [1.165, 1.54) is 32.1 Å². The number of carbonyl (C=O) groups is 1.